The van der Waals surface area contributed by atoms with Gasteiger partial charge in [0.05, 0.1) is 9.85 Å². The zero-order valence-corrected chi connectivity index (χ0v) is 49.5. The fourth-order valence-corrected chi connectivity index (χ4v) is 7.18. The summed E-state index contributed by atoms with van der Waals surface area (Å²) in [6.07, 6.45) is 0. The topological polar surface area (TPSA) is 391 Å². The van der Waals surface area contributed by atoms with E-state index in [2.05, 4.69) is 31.9 Å². The smallest absolute Gasteiger partial charge is 0.870 e. The third-order valence-electron chi connectivity index (χ3n) is 10.7. The Bertz CT molecular complexity index is 3870. The van der Waals surface area contributed by atoms with Crippen molar-refractivity contribution in [2.24, 2.45) is 0 Å². The number of esters is 1. The number of para-hydroxylation sites is 3. The number of carbonyl (C=O) groups excluding carboxylic acids is 3. The Kier molecular flexibility index (Phi) is 25.2. The number of amides is 2. The van der Waals surface area contributed by atoms with Gasteiger partial charge in [-0.2, -0.15) is 7.11 Å². The Labute approximate surface area is 530 Å². The van der Waals surface area contributed by atoms with Crippen molar-refractivity contribution in [2.45, 2.75) is 20.7 Å². The number of nitrogens with zero attached hydrogens (tertiary/aromatic N) is 3. The molecule has 83 heavy (non-hydrogen) atoms. The normalized spacial score (nSPS) is 11.2. The number of hydrogen-bond acceptors (Lipinski definition) is 18. The number of benzene rings is 6. The summed E-state index contributed by atoms with van der Waals surface area (Å²) in [5.41, 5.74) is 9.70. The number of aromatic nitrogens is 3. The fourth-order valence-electron chi connectivity index (χ4n) is 7.18. The molecule has 0 bridgehead atoms. The molecule has 0 aliphatic rings. The first-order valence-electron chi connectivity index (χ1n) is 26.8. The SMILES string of the molecule is CO.COC(=O)c1nc(C)c2cc(Oc3ccccc3)ccc2c1O.C[O-].Cc1nc(C(=O)NCC(=O)O)c(O)c2ccc(Oc3ccccc3)cc12.[2H]C([2H])(NC(=O)c1nc(C([2H])([2H])[2H])c2cc(Oc3ccccc3)ccc2c1O)C(=O)O.[2H]O[2H].[2H][O-].[Na+].[Na+]. The molecule has 11 N–H and O–H groups in total. The van der Waals surface area contributed by atoms with Crippen molar-refractivity contribution in [3.63, 3.8) is 0 Å². The van der Waals surface area contributed by atoms with Gasteiger partial charge in [-0.3, -0.25) is 19.2 Å². The number of rotatable bonds is 13. The van der Waals surface area contributed by atoms with Crippen LogP contribution in [0.5, 0.6) is 51.7 Å². The molecule has 9 rings (SSSR count). The standard InChI is InChI=1S/2C19H16N2O5.C18H15NO4.CH4O.CH3O.2Na.2H2O/c2*1-11-15-9-13(26-12-5-3-2-4-6-12)7-8-14(15)18(24)17(21-11)19(25)20-10-16(22)23;1-11-15-10-13(23-12-6-4-3-5-7-12)8-9-14(15)17(20)16(19-11)18(21)22-2;2*1-2;;;;/h2*2-9,24H,10H2,1H3,(H,20,25)(H,22,23);3-10,20H,1-2H3;2H,1H3;1H3;;;2*1H2/q;;;;-1;2*+1;;/p-1/i1D3,10D2;;;;;;;;/hD3. The quantitative estimate of drug-likeness (QED) is 0.0592. The summed E-state index contributed by atoms with van der Waals surface area (Å²) in [7, 11) is 3.00. The molecule has 3 heterocycles. The number of aromatic hydroxyl groups is 3. The van der Waals surface area contributed by atoms with E-state index in [0.717, 1.165) is 14.2 Å². The molecule has 0 saturated heterocycles. The van der Waals surface area contributed by atoms with Crippen molar-refractivity contribution in [2.75, 3.05) is 34.4 Å². The van der Waals surface area contributed by atoms with E-state index in [9.17, 15) is 39.3 Å². The van der Waals surface area contributed by atoms with Gasteiger partial charge in [-0.05, 0) is 112 Å². The predicted octanol–water partition coefficient (Wildman–Crippen LogP) is 1.13. The summed E-state index contributed by atoms with van der Waals surface area (Å²) in [5, 5.41) is 69.9. The second-order valence-electron chi connectivity index (χ2n) is 15.8. The number of aliphatic hydroxyl groups excluding tert-OH is 1. The molecule has 0 fully saturated rings. The summed E-state index contributed by atoms with van der Waals surface area (Å²) in [4.78, 5) is 69.6. The van der Waals surface area contributed by atoms with Crippen molar-refractivity contribution in [3.05, 3.63) is 180 Å². The average molecular weight is 1170 g/mol. The molecule has 0 atom stereocenters. The van der Waals surface area contributed by atoms with Gasteiger partial charge in [0.25, 0.3) is 11.8 Å². The van der Waals surface area contributed by atoms with Gasteiger partial charge in [0, 0.05) is 60.6 Å². The Balaban J connectivity index is 0.000000639. The number of pyridine rings is 3. The maximum absolute atomic E-state index is 12.4. The molecule has 0 saturated carbocycles. The van der Waals surface area contributed by atoms with Gasteiger partial charge in [-0.25, -0.2) is 19.7 Å². The van der Waals surface area contributed by atoms with Gasteiger partial charge >= 0.3 is 77.0 Å². The van der Waals surface area contributed by atoms with E-state index < -0.39 is 66.8 Å². The van der Waals surface area contributed by atoms with Crippen LogP contribution in [0.15, 0.2) is 146 Å². The number of hydrogen-bond donors (Lipinski definition) is 8. The Hall–Kier alpha value is -8.46. The third kappa shape index (κ3) is 19.6. The predicted molar refractivity (Wildman–Crippen MR) is 295 cm³/mol. The van der Waals surface area contributed by atoms with E-state index >= 15 is 0 Å². The Morgan fingerprint density at radius 3 is 1.20 bits per heavy atom. The van der Waals surface area contributed by atoms with Gasteiger partial charge in [0.15, 0.2) is 34.3 Å². The van der Waals surface area contributed by atoms with Crippen LogP contribution < -0.4 is 89.1 Å². The van der Waals surface area contributed by atoms with Crippen molar-refractivity contribution in [1.29, 1.82) is 2.86 Å². The summed E-state index contributed by atoms with van der Waals surface area (Å²) >= 11 is 0. The number of carboxylic acid groups (broad SMARTS) is 2. The van der Waals surface area contributed by atoms with Crippen molar-refractivity contribution in [3.8, 4) is 51.7 Å². The number of methoxy groups -OCH3 is 1. The van der Waals surface area contributed by atoms with Gasteiger partial charge < -0.3 is 76.3 Å². The largest absolute Gasteiger partial charge is 1.00 e. The molecular formula is C58H57N5Na2O18. The van der Waals surface area contributed by atoms with Crippen LogP contribution in [0.4, 0.5) is 0 Å². The van der Waals surface area contributed by atoms with E-state index in [1.54, 1.807) is 85.9 Å². The minimum Gasteiger partial charge on any atom is -0.870 e. The van der Waals surface area contributed by atoms with E-state index in [1.165, 1.54) is 25.3 Å². The summed E-state index contributed by atoms with van der Waals surface area (Å²) in [6.45, 7) is -3.06. The average Bonchev–Trinajstić information content (AvgIpc) is 0.792. The van der Waals surface area contributed by atoms with Crippen LogP contribution in [0.2, 0.25) is 0 Å². The van der Waals surface area contributed by atoms with Crippen molar-refractivity contribution < 1.29 is 157 Å². The molecule has 3 aromatic heterocycles. The minimum atomic E-state index is -3.16. The first kappa shape index (κ1) is 59.2. The molecule has 0 spiro atoms. The summed E-state index contributed by atoms with van der Waals surface area (Å²) in [5.74, 6) is -3.87. The molecule has 25 heteroatoms. The first-order valence-corrected chi connectivity index (χ1v) is 23.1. The van der Waals surface area contributed by atoms with Crippen LogP contribution in [0.25, 0.3) is 32.3 Å². The molecule has 0 unspecified atom stereocenters. The van der Waals surface area contributed by atoms with Gasteiger partial charge in [-0.1, -0.05) is 54.6 Å². The van der Waals surface area contributed by atoms with Crippen molar-refractivity contribution in [1.82, 2.24) is 25.6 Å². The summed E-state index contributed by atoms with van der Waals surface area (Å²) in [6, 6.07) is 41.7. The van der Waals surface area contributed by atoms with E-state index in [-0.39, 0.29) is 98.5 Å². The molecular weight excluding hydrogens is 1100 g/mol. The molecule has 23 nitrogen and oxygen atoms in total. The minimum absolute atomic E-state index is 0. The van der Waals surface area contributed by atoms with E-state index in [4.69, 9.17) is 49.8 Å². The number of fused-ring (bicyclic) bond motifs is 3. The number of nitrogens with one attached hydrogen (secondary N) is 2. The maximum Gasteiger partial charge on any atom is 1.00 e. The zero-order valence-electron chi connectivity index (χ0n) is 53.5. The molecule has 2 amide bonds. The fraction of sp³-hybridized carbons (Fsp3) is 0.138. The van der Waals surface area contributed by atoms with Crippen LogP contribution in [0, 0.1) is 20.7 Å². The molecule has 0 radical (unpaired) electrons. The van der Waals surface area contributed by atoms with E-state index in [0.29, 0.717) is 61.7 Å². The monoisotopic (exact) mass is 1170 g/mol. The van der Waals surface area contributed by atoms with Crippen LogP contribution in [0.3, 0.4) is 0 Å². The van der Waals surface area contributed by atoms with Gasteiger partial charge in [-0.15, -0.1) is 1.43 Å². The number of carbonyl (C=O) groups is 5. The zero-order chi connectivity index (χ0) is 66.8. The molecule has 424 valence electrons. The second-order valence-corrected chi connectivity index (χ2v) is 15.8. The summed E-state index contributed by atoms with van der Waals surface area (Å²) < 4.78 is 75.0. The van der Waals surface area contributed by atoms with Crippen LogP contribution in [-0.4, -0.2) is 124 Å². The van der Waals surface area contributed by atoms with Gasteiger partial charge in [0.2, 0.25) is 2.86 Å². The maximum atomic E-state index is 12.4. The van der Waals surface area contributed by atoms with Gasteiger partial charge in [0.1, 0.15) is 47.5 Å². The number of aryl methyl sites for hydroxylation is 3. The first-order chi connectivity index (χ1) is 42.4. The molecule has 0 aliphatic heterocycles. The molecule has 0 aliphatic carbocycles. The number of carboxylic acids is 2. The number of ether oxygens (including phenoxy) is 4. The van der Waals surface area contributed by atoms with Crippen LogP contribution >= 0.6 is 0 Å². The Morgan fingerprint density at radius 2 is 0.867 bits per heavy atom. The van der Waals surface area contributed by atoms with E-state index in [1.807, 2.05) is 60.7 Å². The number of aliphatic carboxylic acids is 2. The molecule has 6 aromatic carbocycles. The van der Waals surface area contributed by atoms with Crippen LogP contribution in [-0.2, 0) is 14.3 Å². The van der Waals surface area contributed by atoms with Crippen molar-refractivity contribution >= 4 is 62.0 Å². The Morgan fingerprint density at radius 1 is 0.542 bits per heavy atom. The third-order valence-corrected chi connectivity index (χ3v) is 10.7. The number of aliphatic hydroxyl groups is 1. The molecule has 9 aromatic rings. The van der Waals surface area contributed by atoms with Crippen LogP contribution in [0.1, 0.15) is 56.8 Å². The second kappa shape index (κ2) is 35.4.